The number of hydrogen-bond donors (Lipinski definition) is 2. The summed E-state index contributed by atoms with van der Waals surface area (Å²) in [6, 6.07) is 6.84. The summed E-state index contributed by atoms with van der Waals surface area (Å²) in [5.74, 6) is 0. The lowest BCUT2D eigenvalue weighted by molar-refractivity contribution is -0.0439. The highest BCUT2D eigenvalue weighted by molar-refractivity contribution is 7.90. The zero-order valence-electron chi connectivity index (χ0n) is 12.5. The molecule has 7 heteroatoms. The first kappa shape index (κ1) is 16.2. The maximum atomic E-state index is 12.5. The minimum Gasteiger partial charge on any atom is -0.389 e. The third kappa shape index (κ3) is 3.94. The summed E-state index contributed by atoms with van der Waals surface area (Å²) in [4.78, 5) is 0. The van der Waals surface area contributed by atoms with Gasteiger partial charge in [0.2, 0.25) is 0 Å². The highest BCUT2D eigenvalue weighted by atomic mass is 32.2. The van der Waals surface area contributed by atoms with Crippen LogP contribution in [0.4, 0.5) is 5.69 Å². The van der Waals surface area contributed by atoms with E-state index in [1.165, 1.54) is 4.31 Å². The van der Waals surface area contributed by atoms with Gasteiger partial charge in [0.05, 0.1) is 24.0 Å². The number of aliphatic hydroxyl groups is 1. The number of para-hydroxylation sites is 1. The Bertz CT molecular complexity index is 578. The molecule has 1 aliphatic heterocycles. The van der Waals surface area contributed by atoms with Crippen molar-refractivity contribution in [3.05, 3.63) is 29.8 Å². The monoisotopic (exact) mass is 314 g/mol. The van der Waals surface area contributed by atoms with Crippen LogP contribution in [0.5, 0.6) is 0 Å². The molecule has 1 aromatic carbocycles. The molecule has 2 rings (SSSR count). The molecule has 21 heavy (non-hydrogen) atoms. The quantitative estimate of drug-likeness (QED) is 0.883. The SMILES string of the molecule is CC1CN(S(=O)(=O)Nc2ccccc2C(C)O)CC(C)O1. The minimum atomic E-state index is -3.67. The summed E-state index contributed by atoms with van der Waals surface area (Å²) in [7, 11) is -3.67. The van der Waals surface area contributed by atoms with E-state index >= 15 is 0 Å². The Morgan fingerprint density at radius 2 is 1.86 bits per heavy atom. The van der Waals surface area contributed by atoms with Gasteiger partial charge in [-0.2, -0.15) is 12.7 Å². The number of benzene rings is 1. The maximum Gasteiger partial charge on any atom is 0.301 e. The Kier molecular flexibility index (Phi) is 4.88. The number of aliphatic hydroxyl groups excluding tert-OH is 1. The molecule has 0 saturated carbocycles. The average molecular weight is 314 g/mol. The van der Waals surface area contributed by atoms with Crippen molar-refractivity contribution < 1.29 is 18.3 Å². The predicted molar refractivity (Wildman–Crippen MR) is 81.2 cm³/mol. The summed E-state index contributed by atoms with van der Waals surface area (Å²) in [5, 5.41) is 9.73. The summed E-state index contributed by atoms with van der Waals surface area (Å²) < 4.78 is 34.5. The van der Waals surface area contributed by atoms with Crippen molar-refractivity contribution in [2.75, 3.05) is 17.8 Å². The smallest absolute Gasteiger partial charge is 0.301 e. The van der Waals surface area contributed by atoms with Crippen molar-refractivity contribution in [2.24, 2.45) is 0 Å². The molecule has 1 aromatic rings. The molecular formula is C14H22N2O4S. The number of hydrogen-bond acceptors (Lipinski definition) is 4. The number of nitrogens with zero attached hydrogens (tertiary/aromatic N) is 1. The van der Waals surface area contributed by atoms with Crippen molar-refractivity contribution in [1.82, 2.24) is 4.31 Å². The molecule has 0 spiro atoms. The van der Waals surface area contributed by atoms with Crippen molar-refractivity contribution in [3.63, 3.8) is 0 Å². The second-order valence-corrected chi connectivity index (χ2v) is 7.12. The van der Waals surface area contributed by atoms with Crippen molar-refractivity contribution in [3.8, 4) is 0 Å². The molecule has 2 N–H and O–H groups in total. The number of morpholine rings is 1. The van der Waals surface area contributed by atoms with E-state index in [1.807, 2.05) is 13.8 Å². The molecule has 1 aliphatic rings. The largest absolute Gasteiger partial charge is 0.389 e. The number of anilines is 1. The molecule has 1 heterocycles. The van der Waals surface area contributed by atoms with Gasteiger partial charge < -0.3 is 9.84 Å². The van der Waals surface area contributed by atoms with Gasteiger partial charge in [0, 0.05) is 18.7 Å². The summed E-state index contributed by atoms with van der Waals surface area (Å²) in [6.07, 6.45) is -1.03. The Morgan fingerprint density at radius 3 is 2.43 bits per heavy atom. The van der Waals surface area contributed by atoms with Crippen LogP contribution in [0.25, 0.3) is 0 Å². The molecule has 118 valence electrons. The standard InChI is InChI=1S/C14H22N2O4S/c1-10-8-16(9-11(2)20-10)21(18,19)15-14-7-5-4-6-13(14)12(3)17/h4-7,10-12,15,17H,8-9H2,1-3H3. The molecule has 1 fully saturated rings. The first-order chi connectivity index (χ1) is 9.79. The van der Waals surface area contributed by atoms with Crippen LogP contribution in [-0.4, -0.2) is 43.1 Å². The Labute approximate surface area is 125 Å². The fraction of sp³-hybridized carbons (Fsp3) is 0.571. The topological polar surface area (TPSA) is 78.9 Å². The molecule has 3 atom stereocenters. The third-order valence-electron chi connectivity index (χ3n) is 3.38. The van der Waals surface area contributed by atoms with E-state index in [1.54, 1.807) is 31.2 Å². The highest BCUT2D eigenvalue weighted by Gasteiger charge is 2.31. The van der Waals surface area contributed by atoms with Gasteiger partial charge in [0.25, 0.3) is 0 Å². The minimum absolute atomic E-state index is 0.141. The van der Waals surface area contributed by atoms with Crippen LogP contribution in [-0.2, 0) is 14.9 Å². The summed E-state index contributed by atoms with van der Waals surface area (Å²) >= 11 is 0. The zero-order chi connectivity index (χ0) is 15.6. The van der Waals surface area contributed by atoms with Crippen LogP contribution >= 0.6 is 0 Å². The molecule has 0 radical (unpaired) electrons. The van der Waals surface area contributed by atoms with Crippen LogP contribution in [0, 0.1) is 0 Å². The molecule has 0 aliphatic carbocycles. The van der Waals surface area contributed by atoms with E-state index in [2.05, 4.69) is 4.72 Å². The lowest BCUT2D eigenvalue weighted by Crippen LogP contribution is -2.50. The zero-order valence-corrected chi connectivity index (χ0v) is 13.3. The van der Waals surface area contributed by atoms with Crippen molar-refractivity contribution >= 4 is 15.9 Å². The molecule has 3 unspecified atom stereocenters. The molecule has 0 aromatic heterocycles. The summed E-state index contributed by atoms with van der Waals surface area (Å²) in [6.45, 7) is 5.93. The van der Waals surface area contributed by atoms with Gasteiger partial charge in [-0.1, -0.05) is 18.2 Å². The highest BCUT2D eigenvalue weighted by Crippen LogP contribution is 2.24. The van der Waals surface area contributed by atoms with Crippen molar-refractivity contribution in [2.45, 2.75) is 39.1 Å². The van der Waals surface area contributed by atoms with Gasteiger partial charge in [-0.3, -0.25) is 4.72 Å². The molecule has 6 nitrogen and oxygen atoms in total. The second-order valence-electron chi connectivity index (χ2n) is 5.44. The van der Waals surface area contributed by atoms with E-state index in [0.29, 0.717) is 24.3 Å². The normalized spacial score (nSPS) is 25.5. The van der Waals surface area contributed by atoms with Crippen molar-refractivity contribution in [1.29, 1.82) is 0 Å². The van der Waals surface area contributed by atoms with Crippen LogP contribution < -0.4 is 4.72 Å². The number of ether oxygens (including phenoxy) is 1. The number of rotatable bonds is 4. The van der Waals surface area contributed by atoms with Crippen LogP contribution in [0.3, 0.4) is 0 Å². The summed E-state index contributed by atoms with van der Waals surface area (Å²) in [5.41, 5.74) is 0.953. The van der Waals surface area contributed by atoms with E-state index in [0.717, 1.165) is 0 Å². The van der Waals surface area contributed by atoms with Crippen LogP contribution in [0.2, 0.25) is 0 Å². The van der Waals surface area contributed by atoms with Crippen LogP contribution in [0.1, 0.15) is 32.4 Å². The van der Waals surface area contributed by atoms with Gasteiger partial charge in [0.1, 0.15) is 0 Å². The van der Waals surface area contributed by atoms with E-state index in [-0.39, 0.29) is 12.2 Å². The first-order valence-electron chi connectivity index (χ1n) is 7.00. The van der Waals surface area contributed by atoms with E-state index in [4.69, 9.17) is 4.74 Å². The van der Waals surface area contributed by atoms with Crippen LogP contribution in [0.15, 0.2) is 24.3 Å². The predicted octanol–water partition coefficient (Wildman–Crippen LogP) is 1.51. The van der Waals surface area contributed by atoms with Gasteiger partial charge in [-0.05, 0) is 26.8 Å². The second kappa shape index (κ2) is 6.31. The van der Waals surface area contributed by atoms with Gasteiger partial charge in [0.15, 0.2) is 0 Å². The lowest BCUT2D eigenvalue weighted by atomic mass is 10.1. The fourth-order valence-corrected chi connectivity index (χ4v) is 3.89. The molecule has 1 saturated heterocycles. The van der Waals surface area contributed by atoms with E-state index in [9.17, 15) is 13.5 Å². The average Bonchev–Trinajstić information content (AvgIpc) is 2.37. The molecular weight excluding hydrogens is 292 g/mol. The molecule has 0 amide bonds. The van der Waals surface area contributed by atoms with Gasteiger partial charge in [-0.25, -0.2) is 0 Å². The van der Waals surface area contributed by atoms with Gasteiger partial charge >= 0.3 is 10.2 Å². The Hall–Kier alpha value is -1.15. The maximum absolute atomic E-state index is 12.5. The molecule has 0 bridgehead atoms. The third-order valence-corrected chi connectivity index (χ3v) is 4.83. The number of nitrogens with one attached hydrogen (secondary N) is 1. The fourth-order valence-electron chi connectivity index (χ4n) is 2.48. The van der Waals surface area contributed by atoms with E-state index < -0.39 is 16.3 Å². The Balaban J connectivity index is 2.22. The lowest BCUT2D eigenvalue weighted by Gasteiger charge is -2.34. The van der Waals surface area contributed by atoms with Gasteiger partial charge in [-0.15, -0.1) is 0 Å². The first-order valence-corrected chi connectivity index (χ1v) is 8.44. The Morgan fingerprint density at radius 1 is 1.29 bits per heavy atom.